The highest BCUT2D eigenvalue weighted by Crippen LogP contribution is 2.11. The Labute approximate surface area is 129 Å². The van der Waals surface area contributed by atoms with Crippen molar-refractivity contribution in [3.05, 3.63) is 42.0 Å². The van der Waals surface area contributed by atoms with Crippen molar-refractivity contribution in [2.24, 2.45) is 0 Å². The average Bonchev–Trinajstić information content (AvgIpc) is 2.45. The first kappa shape index (κ1) is 17.4. The number of carbonyl (C=O) groups is 3. The molecule has 1 aromatic rings. The maximum atomic E-state index is 12.2. The molecule has 2 amide bonds. The molecule has 0 saturated heterocycles. The molecule has 0 saturated carbocycles. The molecule has 0 fully saturated rings. The number of ether oxygens (including phenoxy) is 1. The lowest BCUT2D eigenvalue weighted by molar-refractivity contribution is -0.142. The summed E-state index contributed by atoms with van der Waals surface area (Å²) in [6.45, 7) is 6.90. The molecular weight excluding hydrogens is 284 g/mol. The lowest BCUT2D eigenvalue weighted by atomic mass is 10.1. The minimum atomic E-state index is -0.773. The van der Waals surface area contributed by atoms with Gasteiger partial charge in [-0.15, -0.1) is 6.58 Å². The Morgan fingerprint density at radius 3 is 2.23 bits per heavy atom. The van der Waals surface area contributed by atoms with Crippen LogP contribution in [-0.2, 0) is 14.3 Å². The molecule has 0 aliphatic heterocycles. The van der Waals surface area contributed by atoms with Crippen LogP contribution in [0, 0.1) is 0 Å². The van der Waals surface area contributed by atoms with E-state index in [0.717, 1.165) is 5.57 Å². The molecule has 0 aliphatic carbocycles. The first-order valence-corrected chi connectivity index (χ1v) is 6.74. The van der Waals surface area contributed by atoms with Gasteiger partial charge in [0.2, 0.25) is 5.91 Å². The lowest BCUT2D eigenvalue weighted by Gasteiger charge is -2.16. The van der Waals surface area contributed by atoms with Gasteiger partial charge in [0.25, 0.3) is 5.91 Å². The van der Waals surface area contributed by atoms with Gasteiger partial charge in [-0.2, -0.15) is 0 Å². The van der Waals surface area contributed by atoms with Crippen LogP contribution < -0.4 is 10.6 Å². The molecule has 0 bridgehead atoms. The summed E-state index contributed by atoms with van der Waals surface area (Å²) in [5, 5.41) is 5.22. The van der Waals surface area contributed by atoms with Crippen molar-refractivity contribution in [1.29, 1.82) is 0 Å². The lowest BCUT2D eigenvalue weighted by Crippen LogP contribution is -2.41. The van der Waals surface area contributed by atoms with Crippen LogP contribution in [-0.4, -0.2) is 30.9 Å². The molecule has 6 heteroatoms. The number of nitrogens with one attached hydrogen (secondary N) is 2. The van der Waals surface area contributed by atoms with E-state index < -0.39 is 17.9 Å². The second kappa shape index (κ2) is 7.97. The van der Waals surface area contributed by atoms with Crippen LogP contribution in [0.3, 0.4) is 0 Å². The molecule has 0 unspecified atom stereocenters. The predicted molar refractivity (Wildman–Crippen MR) is 83.4 cm³/mol. The zero-order chi connectivity index (χ0) is 16.7. The molecule has 22 heavy (non-hydrogen) atoms. The summed E-state index contributed by atoms with van der Waals surface area (Å²) in [5.74, 6) is -1.11. The molecule has 2 N–H and O–H groups in total. The van der Waals surface area contributed by atoms with Crippen molar-refractivity contribution < 1.29 is 19.1 Å². The van der Waals surface area contributed by atoms with Gasteiger partial charge in [0.1, 0.15) is 6.04 Å². The molecule has 0 radical (unpaired) electrons. The molecule has 0 spiro atoms. The Balaban J connectivity index is 2.78. The van der Waals surface area contributed by atoms with Crippen LogP contribution in [0.1, 0.15) is 30.6 Å². The second-order valence-electron chi connectivity index (χ2n) is 4.97. The van der Waals surface area contributed by atoms with Crippen molar-refractivity contribution >= 4 is 23.5 Å². The first-order valence-electron chi connectivity index (χ1n) is 6.74. The summed E-state index contributed by atoms with van der Waals surface area (Å²) < 4.78 is 4.67. The molecule has 0 heterocycles. The summed E-state index contributed by atoms with van der Waals surface area (Å²) in [6, 6.07) is 5.58. The van der Waals surface area contributed by atoms with Gasteiger partial charge < -0.3 is 15.4 Å². The van der Waals surface area contributed by atoms with Crippen molar-refractivity contribution in [2.45, 2.75) is 26.3 Å². The van der Waals surface area contributed by atoms with Crippen molar-refractivity contribution in [2.75, 3.05) is 12.4 Å². The van der Waals surface area contributed by atoms with E-state index in [-0.39, 0.29) is 5.91 Å². The fourth-order valence-corrected chi connectivity index (χ4v) is 1.83. The molecule has 1 rings (SSSR count). The van der Waals surface area contributed by atoms with E-state index in [1.807, 2.05) is 0 Å². The van der Waals surface area contributed by atoms with Crippen molar-refractivity contribution in [1.82, 2.24) is 5.32 Å². The number of anilines is 1. The van der Waals surface area contributed by atoms with Gasteiger partial charge in [-0.25, -0.2) is 4.79 Å². The van der Waals surface area contributed by atoms with E-state index >= 15 is 0 Å². The smallest absolute Gasteiger partial charge is 0.328 e. The van der Waals surface area contributed by atoms with Gasteiger partial charge in [-0.05, 0) is 37.6 Å². The minimum absolute atomic E-state index is 0.190. The summed E-state index contributed by atoms with van der Waals surface area (Å²) in [5.41, 5.74) is 1.73. The van der Waals surface area contributed by atoms with Crippen LogP contribution in [0.2, 0.25) is 0 Å². The Kier molecular flexibility index (Phi) is 6.31. The minimum Gasteiger partial charge on any atom is -0.467 e. The third-order valence-corrected chi connectivity index (χ3v) is 2.81. The van der Waals surface area contributed by atoms with Gasteiger partial charge in [0, 0.05) is 18.2 Å². The summed E-state index contributed by atoms with van der Waals surface area (Å²) in [6.07, 6.45) is 0.308. The third-order valence-electron chi connectivity index (χ3n) is 2.81. The monoisotopic (exact) mass is 304 g/mol. The average molecular weight is 304 g/mol. The Morgan fingerprint density at radius 2 is 1.77 bits per heavy atom. The van der Waals surface area contributed by atoms with E-state index in [0.29, 0.717) is 17.7 Å². The van der Waals surface area contributed by atoms with Crippen molar-refractivity contribution in [3.63, 3.8) is 0 Å². The van der Waals surface area contributed by atoms with E-state index in [2.05, 4.69) is 21.9 Å². The van der Waals surface area contributed by atoms with E-state index in [4.69, 9.17) is 0 Å². The number of amides is 2. The van der Waals surface area contributed by atoms with E-state index in [9.17, 15) is 14.4 Å². The number of benzene rings is 1. The molecule has 118 valence electrons. The zero-order valence-electron chi connectivity index (χ0n) is 12.9. The number of hydrogen-bond donors (Lipinski definition) is 2. The van der Waals surface area contributed by atoms with Gasteiger partial charge in [0.05, 0.1) is 7.11 Å². The van der Waals surface area contributed by atoms with Gasteiger partial charge in [-0.1, -0.05) is 5.57 Å². The number of rotatable bonds is 6. The first-order chi connectivity index (χ1) is 10.3. The Morgan fingerprint density at radius 1 is 1.18 bits per heavy atom. The summed E-state index contributed by atoms with van der Waals surface area (Å²) in [7, 11) is 1.27. The van der Waals surface area contributed by atoms with Gasteiger partial charge in [0.15, 0.2) is 0 Å². The van der Waals surface area contributed by atoms with Crippen LogP contribution in [0.15, 0.2) is 36.4 Å². The highest BCUT2D eigenvalue weighted by atomic mass is 16.5. The predicted octanol–water partition coefficient (Wildman–Crippen LogP) is 1.88. The number of methoxy groups -OCH3 is 1. The second-order valence-corrected chi connectivity index (χ2v) is 4.97. The van der Waals surface area contributed by atoms with E-state index in [1.54, 1.807) is 31.2 Å². The number of hydrogen-bond acceptors (Lipinski definition) is 4. The number of esters is 1. The van der Waals surface area contributed by atoms with Crippen LogP contribution >= 0.6 is 0 Å². The van der Waals surface area contributed by atoms with Crippen LogP contribution in [0.5, 0.6) is 0 Å². The maximum Gasteiger partial charge on any atom is 0.328 e. The van der Waals surface area contributed by atoms with Crippen molar-refractivity contribution in [3.8, 4) is 0 Å². The van der Waals surface area contributed by atoms with E-state index in [1.165, 1.54) is 14.0 Å². The fourth-order valence-electron chi connectivity index (χ4n) is 1.83. The SMILES string of the molecule is C=C(C)C[C@@H](NC(=O)c1ccc(NC(C)=O)cc1)C(=O)OC. The molecular formula is C16H20N2O4. The standard InChI is InChI=1S/C16H20N2O4/c1-10(2)9-14(16(21)22-4)18-15(20)12-5-7-13(8-6-12)17-11(3)19/h5-8,14H,1,9H2,2-4H3,(H,17,19)(H,18,20)/t14-/m1/s1. The molecule has 0 aliphatic rings. The zero-order valence-corrected chi connectivity index (χ0v) is 12.9. The number of carbonyl (C=O) groups excluding carboxylic acids is 3. The Bertz CT molecular complexity index is 578. The quantitative estimate of drug-likeness (QED) is 0.621. The maximum absolute atomic E-state index is 12.2. The fraction of sp³-hybridized carbons (Fsp3) is 0.312. The highest BCUT2D eigenvalue weighted by molar-refractivity contribution is 5.97. The molecule has 1 aromatic carbocycles. The Hall–Kier alpha value is -2.63. The van der Waals surface area contributed by atoms with Gasteiger partial charge >= 0.3 is 5.97 Å². The molecule has 0 aromatic heterocycles. The topological polar surface area (TPSA) is 84.5 Å². The molecule has 1 atom stereocenters. The third kappa shape index (κ3) is 5.40. The normalized spacial score (nSPS) is 11.2. The van der Waals surface area contributed by atoms with Gasteiger partial charge in [-0.3, -0.25) is 9.59 Å². The van der Waals surface area contributed by atoms with Crippen LogP contribution in [0.25, 0.3) is 0 Å². The summed E-state index contributed by atoms with van der Waals surface area (Å²) >= 11 is 0. The molecule has 6 nitrogen and oxygen atoms in total. The summed E-state index contributed by atoms with van der Waals surface area (Å²) in [4.78, 5) is 34.8. The highest BCUT2D eigenvalue weighted by Gasteiger charge is 2.22. The largest absolute Gasteiger partial charge is 0.467 e. The van der Waals surface area contributed by atoms with Crippen LogP contribution in [0.4, 0.5) is 5.69 Å².